The van der Waals surface area contributed by atoms with Crippen LogP contribution >= 0.6 is 0 Å². The van der Waals surface area contributed by atoms with Crippen molar-refractivity contribution in [1.82, 2.24) is 24.8 Å². The summed E-state index contributed by atoms with van der Waals surface area (Å²) in [5.41, 5.74) is 11.6. The molecule has 2 aliphatic rings. The first kappa shape index (κ1) is 17.7. The summed E-state index contributed by atoms with van der Waals surface area (Å²) in [6.07, 6.45) is 2.52. The fraction of sp³-hybridized carbons (Fsp3) is 0.333. The van der Waals surface area contributed by atoms with Crippen molar-refractivity contribution in [1.29, 1.82) is 0 Å². The van der Waals surface area contributed by atoms with E-state index in [0.717, 1.165) is 39.2 Å². The van der Waals surface area contributed by atoms with E-state index in [9.17, 15) is 9.59 Å². The van der Waals surface area contributed by atoms with E-state index in [-0.39, 0.29) is 18.5 Å². The molecule has 5 rings (SSSR count). The number of nitrogen functional groups attached to an aromatic ring is 1. The van der Waals surface area contributed by atoms with Gasteiger partial charge in [-0.3, -0.25) is 9.69 Å². The molecule has 2 heterocycles. The number of carbonyl (C=O) groups is 2. The molecule has 148 valence electrons. The van der Waals surface area contributed by atoms with Crippen LogP contribution in [0, 0.1) is 5.92 Å². The van der Waals surface area contributed by atoms with Crippen LogP contribution in [-0.2, 0) is 17.9 Å². The highest BCUT2D eigenvalue weighted by Crippen LogP contribution is 2.34. The first-order chi connectivity index (χ1) is 14.0. The van der Waals surface area contributed by atoms with Gasteiger partial charge in [-0.05, 0) is 36.0 Å². The van der Waals surface area contributed by atoms with Gasteiger partial charge in [0.1, 0.15) is 12.1 Å². The number of benzene rings is 2. The number of hydrogen-bond donors (Lipinski definition) is 1. The minimum Gasteiger partial charge on any atom is -0.396 e. The second-order valence-corrected chi connectivity index (χ2v) is 7.90. The van der Waals surface area contributed by atoms with E-state index in [1.807, 2.05) is 41.1 Å². The summed E-state index contributed by atoms with van der Waals surface area (Å²) >= 11 is 0. The van der Waals surface area contributed by atoms with Gasteiger partial charge in [0, 0.05) is 25.7 Å². The number of anilines is 1. The van der Waals surface area contributed by atoms with Gasteiger partial charge < -0.3 is 10.6 Å². The van der Waals surface area contributed by atoms with Crippen molar-refractivity contribution < 1.29 is 9.59 Å². The summed E-state index contributed by atoms with van der Waals surface area (Å²) in [6.45, 7) is 1.42. The number of fused-ring (bicyclic) bond motifs is 1. The lowest BCUT2D eigenvalue weighted by atomic mass is 10.0. The SMILES string of the molecule is CN1C(=O)CN(Cc2ccc(-c3ccc4c(nnn4CC4CC4)c3N)cc2)C1=O. The molecule has 0 bridgehead atoms. The van der Waals surface area contributed by atoms with Crippen LogP contribution in [0.15, 0.2) is 36.4 Å². The molecule has 2 fully saturated rings. The average molecular weight is 390 g/mol. The second kappa shape index (κ2) is 6.58. The van der Waals surface area contributed by atoms with E-state index < -0.39 is 0 Å². The molecule has 8 nitrogen and oxygen atoms in total. The molecule has 2 aromatic carbocycles. The Kier molecular flexibility index (Phi) is 4.01. The number of likely N-dealkylation sites (N-methyl/N-ethyl adjacent to an activating group) is 1. The van der Waals surface area contributed by atoms with Crippen molar-refractivity contribution in [2.75, 3.05) is 19.3 Å². The monoisotopic (exact) mass is 390 g/mol. The third kappa shape index (κ3) is 3.10. The Morgan fingerprint density at radius 2 is 1.86 bits per heavy atom. The summed E-state index contributed by atoms with van der Waals surface area (Å²) in [5, 5.41) is 8.58. The lowest BCUT2D eigenvalue weighted by Gasteiger charge is -2.15. The lowest BCUT2D eigenvalue weighted by Crippen LogP contribution is -2.29. The summed E-state index contributed by atoms with van der Waals surface area (Å²) in [6, 6.07) is 11.7. The van der Waals surface area contributed by atoms with Gasteiger partial charge in [-0.25, -0.2) is 9.48 Å². The number of hydrogen-bond acceptors (Lipinski definition) is 5. The second-order valence-electron chi connectivity index (χ2n) is 7.90. The van der Waals surface area contributed by atoms with Crippen molar-refractivity contribution in [2.24, 2.45) is 5.92 Å². The van der Waals surface area contributed by atoms with Crippen LogP contribution < -0.4 is 5.73 Å². The number of nitrogens with zero attached hydrogens (tertiary/aromatic N) is 5. The van der Waals surface area contributed by atoms with Gasteiger partial charge in [-0.1, -0.05) is 35.5 Å². The van der Waals surface area contributed by atoms with E-state index in [2.05, 4.69) is 10.3 Å². The normalized spacial score (nSPS) is 17.0. The lowest BCUT2D eigenvalue weighted by molar-refractivity contribution is -0.124. The molecule has 3 amide bonds. The van der Waals surface area contributed by atoms with Gasteiger partial charge in [0.2, 0.25) is 5.91 Å². The predicted octanol–water partition coefficient (Wildman–Crippen LogP) is 2.48. The van der Waals surface area contributed by atoms with Crippen LogP contribution in [0.4, 0.5) is 10.5 Å². The highest BCUT2D eigenvalue weighted by atomic mass is 16.2. The summed E-state index contributed by atoms with van der Waals surface area (Å²) in [5.74, 6) is 0.536. The number of aromatic nitrogens is 3. The van der Waals surface area contributed by atoms with Gasteiger partial charge in [0.25, 0.3) is 0 Å². The number of imide groups is 1. The minimum absolute atomic E-state index is 0.122. The highest BCUT2D eigenvalue weighted by Gasteiger charge is 2.32. The van der Waals surface area contributed by atoms with Gasteiger partial charge in [0.05, 0.1) is 11.2 Å². The van der Waals surface area contributed by atoms with E-state index in [0.29, 0.717) is 18.2 Å². The topological polar surface area (TPSA) is 97.3 Å². The minimum atomic E-state index is -0.261. The molecular formula is C21H22N6O2. The number of carbonyl (C=O) groups excluding carboxylic acids is 2. The third-order valence-electron chi connectivity index (χ3n) is 5.75. The van der Waals surface area contributed by atoms with Gasteiger partial charge in [-0.2, -0.15) is 0 Å². The maximum absolute atomic E-state index is 12.0. The Morgan fingerprint density at radius 3 is 2.52 bits per heavy atom. The van der Waals surface area contributed by atoms with Crippen molar-refractivity contribution in [3.63, 3.8) is 0 Å². The smallest absolute Gasteiger partial charge is 0.327 e. The van der Waals surface area contributed by atoms with E-state index in [1.165, 1.54) is 24.8 Å². The zero-order valence-corrected chi connectivity index (χ0v) is 16.2. The van der Waals surface area contributed by atoms with Gasteiger partial charge in [-0.15, -0.1) is 5.10 Å². The van der Waals surface area contributed by atoms with Crippen LogP contribution in [0.3, 0.4) is 0 Å². The Bertz CT molecular complexity index is 1120. The van der Waals surface area contributed by atoms with Crippen molar-refractivity contribution in [2.45, 2.75) is 25.9 Å². The van der Waals surface area contributed by atoms with Crippen molar-refractivity contribution in [3.8, 4) is 11.1 Å². The molecule has 0 radical (unpaired) electrons. The molecule has 3 aromatic rings. The van der Waals surface area contributed by atoms with Crippen LogP contribution in [-0.4, -0.2) is 50.3 Å². The largest absolute Gasteiger partial charge is 0.396 e. The van der Waals surface area contributed by atoms with E-state index in [1.54, 1.807) is 0 Å². The fourth-order valence-electron chi connectivity index (χ4n) is 3.78. The Hall–Kier alpha value is -3.42. The Morgan fingerprint density at radius 1 is 1.10 bits per heavy atom. The maximum atomic E-state index is 12.0. The van der Waals surface area contributed by atoms with E-state index >= 15 is 0 Å². The number of urea groups is 1. The molecule has 1 saturated heterocycles. The van der Waals surface area contributed by atoms with Crippen LogP contribution in [0.25, 0.3) is 22.2 Å². The van der Waals surface area contributed by atoms with Crippen molar-refractivity contribution >= 4 is 28.7 Å². The number of rotatable bonds is 5. The van der Waals surface area contributed by atoms with Crippen LogP contribution in [0.2, 0.25) is 0 Å². The molecular weight excluding hydrogens is 368 g/mol. The first-order valence-electron chi connectivity index (χ1n) is 9.77. The molecule has 29 heavy (non-hydrogen) atoms. The molecule has 8 heteroatoms. The predicted molar refractivity (Wildman–Crippen MR) is 109 cm³/mol. The first-order valence-corrected chi connectivity index (χ1v) is 9.77. The van der Waals surface area contributed by atoms with Gasteiger partial charge >= 0.3 is 6.03 Å². The molecule has 1 aliphatic heterocycles. The van der Waals surface area contributed by atoms with Gasteiger partial charge in [0.15, 0.2) is 0 Å². The molecule has 1 aromatic heterocycles. The fourth-order valence-corrected chi connectivity index (χ4v) is 3.78. The third-order valence-corrected chi connectivity index (χ3v) is 5.75. The summed E-state index contributed by atoms with van der Waals surface area (Å²) in [4.78, 5) is 26.4. The zero-order chi connectivity index (χ0) is 20.1. The molecule has 2 N–H and O–H groups in total. The molecule has 0 atom stereocenters. The Labute approximate surface area is 167 Å². The maximum Gasteiger partial charge on any atom is 0.327 e. The van der Waals surface area contributed by atoms with E-state index in [4.69, 9.17) is 5.73 Å². The Balaban J connectivity index is 1.38. The van der Waals surface area contributed by atoms with Crippen LogP contribution in [0.5, 0.6) is 0 Å². The molecule has 0 unspecified atom stereocenters. The molecule has 0 spiro atoms. The van der Waals surface area contributed by atoms with Crippen LogP contribution in [0.1, 0.15) is 18.4 Å². The number of amides is 3. The zero-order valence-electron chi connectivity index (χ0n) is 16.2. The highest BCUT2D eigenvalue weighted by molar-refractivity contribution is 6.01. The standard InChI is InChI=1S/C21H22N6O2/c1-25-18(28)12-26(21(25)29)10-13-4-6-15(7-5-13)16-8-9-17-20(19(16)22)23-24-27(17)11-14-2-3-14/h4-9,14H,2-3,10-12,22H2,1H3. The molecule has 1 saturated carbocycles. The van der Waals surface area contributed by atoms with Crippen molar-refractivity contribution in [3.05, 3.63) is 42.0 Å². The average Bonchev–Trinajstić information content (AvgIpc) is 3.40. The molecule has 1 aliphatic carbocycles. The summed E-state index contributed by atoms with van der Waals surface area (Å²) < 4.78 is 1.95. The summed E-state index contributed by atoms with van der Waals surface area (Å²) in [7, 11) is 1.51. The number of nitrogens with two attached hydrogens (primary N) is 1. The quantitative estimate of drug-likeness (QED) is 0.533.